The highest BCUT2D eigenvalue weighted by Crippen LogP contribution is 2.43. The van der Waals surface area contributed by atoms with Crippen molar-refractivity contribution >= 4 is 11.8 Å². The van der Waals surface area contributed by atoms with E-state index in [1.807, 2.05) is 13.8 Å². The highest BCUT2D eigenvalue weighted by atomic mass is 16.5. The number of carbonyl (C=O) groups is 2. The Hall–Kier alpha value is -1.42. The standard InChI is InChI=1S/C15H20O4/c1-7(2)10-5-12(16)9(4)13(10)14(17)11-6-19-15(18)8(11)3/h9-11,13-14,17H,1,3,5-6H2,2,4H3/t9-,10+,11+,13+,14+/m0/s1. The first-order valence-corrected chi connectivity index (χ1v) is 6.56. The maximum atomic E-state index is 11.9. The van der Waals surface area contributed by atoms with Gasteiger partial charge in [0.2, 0.25) is 0 Å². The molecule has 0 spiro atoms. The lowest BCUT2D eigenvalue weighted by Crippen LogP contribution is -2.36. The quantitative estimate of drug-likeness (QED) is 0.476. The molecule has 0 aromatic carbocycles. The Morgan fingerprint density at radius 3 is 2.58 bits per heavy atom. The molecule has 2 fully saturated rings. The van der Waals surface area contributed by atoms with E-state index in [0.717, 1.165) is 5.57 Å². The Morgan fingerprint density at radius 1 is 1.47 bits per heavy atom. The van der Waals surface area contributed by atoms with Crippen molar-refractivity contribution in [2.24, 2.45) is 23.7 Å². The fraction of sp³-hybridized carbons (Fsp3) is 0.600. The molecule has 104 valence electrons. The summed E-state index contributed by atoms with van der Waals surface area (Å²) in [5.41, 5.74) is 1.21. The van der Waals surface area contributed by atoms with Gasteiger partial charge in [0.1, 0.15) is 12.4 Å². The molecular weight excluding hydrogens is 244 g/mol. The number of hydrogen-bond acceptors (Lipinski definition) is 4. The first-order valence-electron chi connectivity index (χ1n) is 6.56. The van der Waals surface area contributed by atoms with Gasteiger partial charge in [-0.3, -0.25) is 4.79 Å². The fourth-order valence-corrected chi connectivity index (χ4v) is 3.22. The Labute approximate surface area is 113 Å². The molecular formula is C15H20O4. The second-order valence-electron chi connectivity index (χ2n) is 5.71. The summed E-state index contributed by atoms with van der Waals surface area (Å²) >= 11 is 0. The number of ether oxygens (including phenoxy) is 1. The molecule has 0 unspecified atom stereocenters. The van der Waals surface area contributed by atoms with E-state index in [4.69, 9.17) is 4.74 Å². The molecule has 0 radical (unpaired) electrons. The normalized spacial score (nSPS) is 36.5. The van der Waals surface area contributed by atoms with Crippen molar-refractivity contribution in [3.8, 4) is 0 Å². The highest BCUT2D eigenvalue weighted by molar-refractivity contribution is 5.90. The van der Waals surface area contributed by atoms with Crippen LogP contribution >= 0.6 is 0 Å². The molecule has 0 aromatic heterocycles. The number of Topliss-reactive ketones (excluding diaryl/α,β-unsaturated/α-hetero) is 1. The van der Waals surface area contributed by atoms with Gasteiger partial charge in [-0.15, -0.1) is 0 Å². The molecule has 0 aromatic rings. The lowest BCUT2D eigenvalue weighted by Gasteiger charge is -2.30. The van der Waals surface area contributed by atoms with Gasteiger partial charge in [0.15, 0.2) is 0 Å². The Bertz CT molecular complexity index is 451. The fourth-order valence-electron chi connectivity index (χ4n) is 3.22. The van der Waals surface area contributed by atoms with Crippen LogP contribution in [-0.2, 0) is 14.3 Å². The maximum Gasteiger partial charge on any atom is 0.333 e. The van der Waals surface area contributed by atoms with E-state index >= 15 is 0 Å². The van der Waals surface area contributed by atoms with Crippen LogP contribution in [0, 0.1) is 23.7 Å². The lowest BCUT2D eigenvalue weighted by atomic mass is 9.76. The zero-order chi connectivity index (χ0) is 14.3. The van der Waals surface area contributed by atoms with Crippen LogP contribution < -0.4 is 0 Å². The topological polar surface area (TPSA) is 63.6 Å². The molecule has 1 N–H and O–H groups in total. The molecule has 0 bridgehead atoms. The van der Waals surface area contributed by atoms with E-state index in [-0.39, 0.29) is 30.1 Å². The van der Waals surface area contributed by atoms with Crippen LogP contribution in [0.25, 0.3) is 0 Å². The van der Waals surface area contributed by atoms with Gasteiger partial charge in [0, 0.05) is 23.8 Å². The second-order valence-corrected chi connectivity index (χ2v) is 5.71. The maximum absolute atomic E-state index is 11.9. The molecule has 1 aliphatic carbocycles. The summed E-state index contributed by atoms with van der Waals surface area (Å²) in [7, 11) is 0. The molecule has 1 saturated carbocycles. The minimum atomic E-state index is -0.790. The highest BCUT2D eigenvalue weighted by Gasteiger charge is 2.48. The SMILES string of the molecule is C=C1C(=O)OC[C@H]1[C@@H](O)[C@H]1[C@@H](C(=C)C)CC(=O)[C@@H]1C. The van der Waals surface area contributed by atoms with E-state index in [1.54, 1.807) is 0 Å². The van der Waals surface area contributed by atoms with Crippen LogP contribution in [0.1, 0.15) is 20.3 Å². The average molecular weight is 264 g/mol. The largest absolute Gasteiger partial charge is 0.462 e. The minimum absolute atomic E-state index is 0.0268. The third-order valence-electron chi connectivity index (χ3n) is 4.51. The van der Waals surface area contributed by atoms with Crippen molar-refractivity contribution in [1.29, 1.82) is 0 Å². The molecule has 1 saturated heterocycles. The first kappa shape index (κ1) is 14.0. The predicted octanol–water partition coefficient (Wildman–Crippen LogP) is 1.49. The summed E-state index contributed by atoms with van der Waals surface area (Å²) < 4.78 is 4.91. The van der Waals surface area contributed by atoms with Crippen LogP contribution in [-0.4, -0.2) is 29.6 Å². The predicted molar refractivity (Wildman–Crippen MR) is 70.2 cm³/mol. The molecule has 2 aliphatic rings. The van der Waals surface area contributed by atoms with Crippen LogP contribution in [0.2, 0.25) is 0 Å². The third kappa shape index (κ3) is 2.25. The molecule has 1 aliphatic heterocycles. The van der Waals surface area contributed by atoms with Crippen LogP contribution in [0.3, 0.4) is 0 Å². The molecule has 19 heavy (non-hydrogen) atoms. The number of rotatable bonds is 3. The lowest BCUT2D eigenvalue weighted by molar-refractivity contribution is -0.135. The molecule has 4 heteroatoms. The molecule has 5 atom stereocenters. The summed E-state index contributed by atoms with van der Waals surface area (Å²) in [5.74, 6) is -1.17. The average Bonchev–Trinajstić information content (AvgIpc) is 2.82. The number of aliphatic hydroxyl groups is 1. The molecule has 1 heterocycles. The van der Waals surface area contributed by atoms with Gasteiger partial charge >= 0.3 is 5.97 Å². The number of ketones is 1. The summed E-state index contributed by atoms with van der Waals surface area (Å²) in [5, 5.41) is 10.6. The van der Waals surface area contributed by atoms with E-state index in [0.29, 0.717) is 12.0 Å². The second kappa shape index (κ2) is 4.93. The number of allylic oxidation sites excluding steroid dienone is 1. The third-order valence-corrected chi connectivity index (χ3v) is 4.51. The Balaban J connectivity index is 2.23. The number of esters is 1. The van der Waals surface area contributed by atoms with E-state index in [1.165, 1.54) is 0 Å². The van der Waals surface area contributed by atoms with Gasteiger partial charge < -0.3 is 9.84 Å². The number of aliphatic hydroxyl groups excluding tert-OH is 1. The van der Waals surface area contributed by atoms with Gasteiger partial charge in [-0.1, -0.05) is 25.7 Å². The van der Waals surface area contributed by atoms with E-state index in [2.05, 4.69) is 13.2 Å². The van der Waals surface area contributed by atoms with Crippen molar-refractivity contribution in [3.63, 3.8) is 0 Å². The number of hydrogen-bond donors (Lipinski definition) is 1. The summed E-state index contributed by atoms with van der Waals surface area (Å²) in [6.07, 6.45) is -0.367. The van der Waals surface area contributed by atoms with Crippen molar-refractivity contribution in [2.45, 2.75) is 26.4 Å². The first-order chi connectivity index (χ1) is 8.84. The molecule has 0 amide bonds. The van der Waals surface area contributed by atoms with E-state index < -0.39 is 18.0 Å². The Kier molecular flexibility index (Phi) is 3.63. The van der Waals surface area contributed by atoms with Crippen LogP contribution in [0.4, 0.5) is 0 Å². The zero-order valence-corrected chi connectivity index (χ0v) is 11.4. The van der Waals surface area contributed by atoms with Gasteiger partial charge in [0.05, 0.1) is 12.0 Å². The van der Waals surface area contributed by atoms with Crippen molar-refractivity contribution in [1.82, 2.24) is 0 Å². The molecule has 4 nitrogen and oxygen atoms in total. The number of cyclic esters (lactones) is 1. The summed E-state index contributed by atoms with van der Waals surface area (Å²) in [6.45, 7) is 11.5. The van der Waals surface area contributed by atoms with Crippen molar-refractivity contribution in [2.75, 3.05) is 6.61 Å². The van der Waals surface area contributed by atoms with Gasteiger partial charge in [-0.05, 0) is 12.8 Å². The smallest absolute Gasteiger partial charge is 0.333 e. The van der Waals surface area contributed by atoms with Crippen molar-refractivity contribution in [3.05, 3.63) is 24.3 Å². The van der Waals surface area contributed by atoms with Gasteiger partial charge in [-0.2, -0.15) is 0 Å². The van der Waals surface area contributed by atoms with Crippen molar-refractivity contribution < 1.29 is 19.4 Å². The minimum Gasteiger partial charge on any atom is -0.462 e. The number of carbonyl (C=O) groups excluding carboxylic acids is 2. The van der Waals surface area contributed by atoms with Crippen LogP contribution in [0.15, 0.2) is 24.3 Å². The van der Waals surface area contributed by atoms with Gasteiger partial charge in [-0.25, -0.2) is 4.79 Å². The van der Waals surface area contributed by atoms with Crippen LogP contribution in [0.5, 0.6) is 0 Å². The van der Waals surface area contributed by atoms with E-state index in [9.17, 15) is 14.7 Å². The zero-order valence-electron chi connectivity index (χ0n) is 11.4. The Morgan fingerprint density at radius 2 is 2.11 bits per heavy atom. The van der Waals surface area contributed by atoms with Gasteiger partial charge in [0.25, 0.3) is 0 Å². The monoisotopic (exact) mass is 264 g/mol. The molecule has 2 rings (SSSR count). The summed E-state index contributed by atoms with van der Waals surface area (Å²) in [6, 6.07) is 0. The summed E-state index contributed by atoms with van der Waals surface area (Å²) in [4.78, 5) is 23.2.